The smallest absolute Gasteiger partial charge is 0.227 e. The van der Waals surface area contributed by atoms with Gasteiger partial charge in [0.2, 0.25) is 5.88 Å². The number of hydrogen-bond acceptors (Lipinski definition) is 6. The number of benzene rings is 2. The molecule has 1 atom stereocenters. The van der Waals surface area contributed by atoms with Crippen LogP contribution in [-0.2, 0) is 22.4 Å². The summed E-state index contributed by atoms with van der Waals surface area (Å²) in [6.07, 6.45) is 0.00632. The van der Waals surface area contributed by atoms with Crippen molar-refractivity contribution in [3.63, 3.8) is 0 Å². The number of rotatable bonds is 15. The number of methoxy groups -OCH3 is 1. The molecule has 0 saturated heterocycles. The van der Waals surface area contributed by atoms with Crippen molar-refractivity contribution in [2.45, 2.75) is 39.8 Å². The molecule has 36 heavy (non-hydrogen) atoms. The van der Waals surface area contributed by atoms with Crippen molar-refractivity contribution in [3.05, 3.63) is 71.7 Å². The average molecular weight is 500 g/mol. The lowest BCUT2D eigenvalue weighted by atomic mass is 10.1. The van der Waals surface area contributed by atoms with Gasteiger partial charge in [0, 0.05) is 33.4 Å². The van der Waals surface area contributed by atoms with Crippen LogP contribution in [0.2, 0.25) is 0 Å². The van der Waals surface area contributed by atoms with Crippen LogP contribution in [-0.4, -0.2) is 65.9 Å². The van der Waals surface area contributed by atoms with Crippen molar-refractivity contribution in [2.24, 2.45) is 5.92 Å². The average Bonchev–Trinajstić information content (AvgIpc) is 3.21. The predicted octanol–water partition coefficient (Wildman–Crippen LogP) is 4.85. The number of para-hydroxylation sites is 2. The van der Waals surface area contributed by atoms with E-state index in [1.165, 1.54) is 6.07 Å². The zero-order valence-corrected chi connectivity index (χ0v) is 21.7. The molecule has 0 aliphatic heterocycles. The zero-order chi connectivity index (χ0) is 25.9. The van der Waals surface area contributed by atoms with Crippen LogP contribution in [0.5, 0.6) is 11.6 Å². The summed E-state index contributed by atoms with van der Waals surface area (Å²) in [5.41, 5.74) is 2.50. The van der Waals surface area contributed by atoms with Crippen LogP contribution >= 0.6 is 0 Å². The highest BCUT2D eigenvalue weighted by Crippen LogP contribution is 2.33. The lowest BCUT2D eigenvalue weighted by Gasteiger charge is -2.25. The van der Waals surface area contributed by atoms with E-state index in [1.807, 2.05) is 37.3 Å². The molecule has 7 nitrogen and oxygen atoms in total. The second-order valence-electron chi connectivity index (χ2n) is 9.18. The SMILES string of the molecule is CCc1nn(-c2ccccc2)c(Oc2ccccc2F)c1CN(CCOC)C[C@@H](O)COCC(C)C. The van der Waals surface area contributed by atoms with Gasteiger partial charge in [0.25, 0.3) is 0 Å². The van der Waals surface area contributed by atoms with E-state index >= 15 is 0 Å². The van der Waals surface area contributed by atoms with Crippen LogP contribution in [0, 0.1) is 11.7 Å². The summed E-state index contributed by atoms with van der Waals surface area (Å²) in [6.45, 7) is 8.96. The first-order valence-electron chi connectivity index (χ1n) is 12.5. The molecule has 2 aromatic carbocycles. The summed E-state index contributed by atoms with van der Waals surface area (Å²) in [6, 6.07) is 16.0. The number of nitrogens with zero attached hydrogens (tertiary/aromatic N) is 3. The van der Waals surface area contributed by atoms with E-state index in [1.54, 1.807) is 30.0 Å². The van der Waals surface area contributed by atoms with Gasteiger partial charge in [0.05, 0.1) is 36.3 Å². The molecule has 3 rings (SSSR count). The van der Waals surface area contributed by atoms with Crippen molar-refractivity contribution in [3.8, 4) is 17.3 Å². The Morgan fingerprint density at radius 3 is 2.44 bits per heavy atom. The van der Waals surface area contributed by atoms with Crippen molar-refractivity contribution in [1.29, 1.82) is 0 Å². The van der Waals surface area contributed by atoms with Crippen LogP contribution in [0.15, 0.2) is 54.6 Å². The molecule has 0 saturated carbocycles. The van der Waals surface area contributed by atoms with Gasteiger partial charge in [-0.25, -0.2) is 9.07 Å². The molecule has 1 heterocycles. The molecule has 0 amide bonds. The lowest BCUT2D eigenvalue weighted by Crippen LogP contribution is -2.37. The third kappa shape index (κ3) is 7.86. The van der Waals surface area contributed by atoms with Gasteiger partial charge in [0.15, 0.2) is 11.6 Å². The van der Waals surface area contributed by atoms with Crippen molar-refractivity contribution < 1.29 is 23.7 Å². The van der Waals surface area contributed by atoms with Gasteiger partial charge >= 0.3 is 0 Å². The van der Waals surface area contributed by atoms with E-state index in [9.17, 15) is 9.50 Å². The Hall–Kier alpha value is -2.78. The Morgan fingerprint density at radius 1 is 1.06 bits per heavy atom. The fourth-order valence-corrected chi connectivity index (χ4v) is 3.87. The van der Waals surface area contributed by atoms with E-state index in [0.29, 0.717) is 51.1 Å². The number of aromatic nitrogens is 2. The fourth-order valence-electron chi connectivity index (χ4n) is 3.87. The van der Waals surface area contributed by atoms with Crippen LogP contribution in [0.1, 0.15) is 32.0 Å². The number of aliphatic hydroxyl groups excluding tert-OH is 1. The highest BCUT2D eigenvalue weighted by atomic mass is 19.1. The van der Waals surface area contributed by atoms with E-state index in [-0.39, 0.29) is 12.4 Å². The summed E-state index contributed by atoms with van der Waals surface area (Å²) in [4.78, 5) is 2.09. The highest BCUT2D eigenvalue weighted by molar-refractivity contribution is 5.44. The maximum absolute atomic E-state index is 14.6. The Balaban J connectivity index is 1.94. The van der Waals surface area contributed by atoms with Crippen LogP contribution in [0.3, 0.4) is 0 Å². The van der Waals surface area contributed by atoms with Crippen LogP contribution < -0.4 is 4.74 Å². The van der Waals surface area contributed by atoms with E-state index in [4.69, 9.17) is 19.3 Å². The Morgan fingerprint density at radius 2 is 1.78 bits per heavy atom. The van der Waals surface area contributed by atoms with Crippen molar-refractivity contribution >= 4 is 0 Å². The summed E-state index contributed by atoms with van der Waals surface area (Å²) >= 11 is 0. The van der Waals surface area contributed by atoms with Gasteiger partial charge < -0.3 is 19.3 Å². The molecule has 0 fully saturated rings. The third-order valence-corrected chi connectivity index (χ3v) is 5.62. The van der Waals surface area contributed by atoms with Crippen molar-refractivity contribution in [1.82, 2.24) is 14.7 Å². The summed E-state index contributed by atoms with van der Waals surface area (Å²) in [5, 5.41) is 15.5. The number of aliphatic hydroxyl groups is 1. The maximum atomic E-state index is 14.6. The topological polar surface area (TPSA) is 69.0 Å². The highest BCUT2D eigenvalue weighted by Gasteiger charge is 2.24. The third-order valence-electron chi connectivity index (χ3n) is 5.62. The molecule has 1 aromatic heterocycles. The molecule has 3 aromatic rings. The van der Waals surface area contributed by atoms with Crippen molar-refractivity contribution in [2.75, 3.05) is 40.0 Å². The molecule has 0 spiro atoms. The Labute approximate surface area is 213 Å². The molecule has 1 N–H and O–H groups in total. The monoisotopic (exact) mass is 499 g/mol. The minimum absolute atomic E-state index is 0.129. The number of aryl methyl sites for hydroxylation is 1. The molecule has 8 heteroatoms. The van der Waals surface area contributed by atoms with Crippen LogP contribution in [0.4, 0.5) is 4.39 Å². The molecule has 0 unspecified atom stereocenters. The minimum Gasteiger partial charge on any atom is -0.435 e. The molecule has 196 valence electrons. The second-order valence-corrected chi connectivity index (χ2v) is 9.18. The first-order chi connectivity index (χ1) is 17.4. The Bertz CT molecular complexity index is 1060. The summed E-state index contributed by atoms with van der Waals surface area (Å²) in [5.74, 6) is 0.534. The van der Waals surface area contributed by atoms with E-state index in [2.05, 4.69) is 18.7 Å². The van der Waals surface area contributed by atoms with Crippen LogP contribution in [0.25, 0.3) is 5.69 Å². The van der Waals surface area contributed by atoms with Gasteiger partial charge in [-0.3, -0.25) is 4.90 Å². The first kappa shape index (κ1) is 27.8. The van der Waals surface area contributed by atoms with Gasteiger partial charge in [-0.05, 0) is 36.6 Å². The summed E-state index contributed by atoms with van der Waals surface area (Å²) in [7, 11) is 1.65. The van der Waals surface area contributed by atoms with E-state index in [0.717, 1.165) is 16.9 Å². The lowest BCUT2D eigenvalue weighted by molar-refractivity contribution is 0.00323. The molecular weight excluding hydrogens is 461 g/mol. The number of hydrogen-bond donors (Lipinski definition) is 1. The molecule has 0 aliphatic rings. The molecule has 0 bridgehead atoms. The van der Waals surface area contributed by atoms with Gasteiger partial charge in [0.1, 0.15) is 0 Å². The second kappa shape index (κ2) is 14.1. The molecule has 0 radical (unpaired) electrons. The van der Waals surface area contributed by atoms with Gasteiger partial charge in [-0.15, -0.1) is 0 Å². The largest absolute Gasteiger partial charge is 0.435 e. The standard InChI is InChI=1S/C28H38FN3O4/c1-5-26-24(18-31(15-16-34-4)17-23(33)20-35-19-21(2)3)28(36-27-14-10-9-13-25(27)29)32(30-26)22-11-7-6-8-12-22/h6-14,21,23,33H,5,15-20H2,1-4H3/t23-/m1/s1. The number of halogens is 1. The minimum atomic E-state index is -0.661. The fraction of sp³-hybridized carbons (Fsp3) is 0.464. The maximum Gasteiger partial charge on any atom is 0.227 e. The van der Waals surface area contributed by atoms with Gasteiger partial charge in [-0.2, -0.15) is 5.10 Å². The Kier molecular flexibility index (Phi) is 10.9. The normalized spacial score (nSPS) is 12.4. The quantitative estimate of drug-likeness (QED) is 0.323. The molecule has 0 aliphatic carbocycles. The zero-order valence-electron chi connectivity index (χ0n) is 21.7. The van der Waals surface area contributed by atoms with E-state index < -0.39 is 11.9 Å². The van der Waals surface area contributed by atoms with Gasteiger partial charge in [-0.1, -0.05) is 51.1 Å². The first-order valence-corrected chi connectivity index (χ1v) is 12.5. The summed E-state index contributed by atoms with van der Waals surface area (Å²) < 4.78 is 33.5. The predicted molar refractivity (Wildman–Crippen MR) is 138 cm³/mol. The molecular formula is C28H38FN3O4. The number of ether oxygens (including phenoxy) is 3.